The van der Waals surface area contributed by atoms with Gasteiger partial charge in [0, 0.05) is 20.6 Å². The zero-order chi connectivity index (χ0) is 19.0. The Morgan fingerprint density at radius 3 is 2.56 bits per heavy atom. The van der Waals surface area contributed by atoms with Gasteiger partial charge in [0.15, 0.2) is 11.9 Å². The number of hydrogen-bond donors (Lipinski definition) is 2. The van der Waals surface area contributed by atoms with Crippen molar-refractivity contribution in [3.63, 3.8) is 0 Å². The van der Waals surface area contributed by atoms with Crippen molar-refractivity contribution in [1.82, 2.24) is 14.9 Å². The van der Waals surface area contributed by atoms with Gasteiger partial charge in [-0.15, -0.1) is 0 Å². The van der Waals surface area contributed by atoms with E-state index in [0.29, 0.717) is 11.9 Å². The second kappa shape index (κ2) is 9.67. The highest BCUT2D eigenvalue weighted by Gasteiger charge is 2.29. The molecule has 2 N–H and O–H groups in total. The van der Waals surface area contributed by atoms with Crippen LogP contribution in [0.5, 0.6) is 0 Å². The van der Waals surface area contributed by atoms with E-state index in [1.165, 1.54) is 19.6 Å². The third-order valence-corrected chi connectivity index (χ3v) is 3.39. The van der Waals surface area contributed by atoms with Crippen molar-refractivity contribution in [1.29, 1.82) is 5.41 Å². The lowest BCUT2D eigenvalue weighted by Gasteiger charge is -2.22. The molecule has 0 saturated heterocycles. The average Bonchev–Trinajstić information content (AvgIpc) is 2.97. The molecule has 9 nitrogen and oxygen atoms in total. The molecule has 0 radical (unpaired) electrons. The van der Waals surface area contributed by atoms with Crippen molar-refractivity contribution in [2.24, 2.45) is 7.05 Å². The maximum absolute atomic E-state index is 12.5. The number of methoxy groups -OCH3 is 1. The first-order chi connectivity index (χ1) is 11.8. The lowest BCUT2D eigenvalue weighted by Crippen LogP contribution is -2.45. The lowest BCUT2D eigenvalue weighted by molar-refractivity contribution is -0.153. The van der Waals surface area contributed by atoms with Crippen LogP contribution in [0.3, 0.4) is 0 Å². The topological polar surface area (TPSA) is 123 Å². The summed E-state index contributed by atoms with van der Waals surface area (Å²) in [5.41, 5.74) is 0.520. The van der Waals surface area contributed by atoms with Gasteiger partial charge in [-0.1, -0.05) is 0 Å². The van der Waals surface area contributed by atoms with Crippen LogP contribution in [-0.2, 0) is 30.9 Å². The molecular weight excluding hydrogens is 328 g/mol. The molecule has 0 unspecified atom stereocenters. The Balaban J connectivity index is 2.88. The Morgan fingerprint density at radius 1 is 1.40 bits per heavy atom. The number of nitrogens with zero attached hydrogens (tertiary/aromatic N) is 2. The molecule has 138 valence electrons. The van der Waals surface area contributed by atoms with Crippen molar-refractivity contribution in [2.75, 3.05) is 7.11 Å². The van der Waals surface area contributed by atoms with Crippen LogP contribution in [0.15, 0.2) is 12.5 Å². The van der Waals surface area contributed by atoms with Gasteiger partial charge in [0.25, 0.3) is 5.91 Å². The Morgan fingerprint density at radius 2 is 2.08 bits per heavy atom. The van der Waals surface area contributed by atoms with E-state index in [-0.39, 0.29) is 18.9 Å². The number of Topliss-reactive ketones (excluding diaryl/α,β-unsaturated/α-hetero) is 1. The predicted molar refractivity (Wildman–Crippen MR) is 89.1 cm³/mol. The number of hydrogen-bond acceptors (Lipinski definition) is 7. The fourth-order valence-electron chi connectivity index (χ4n) is 2.15. The van der Waals surface area contributed by atoms with Gasteiger partial charge in [0.1, 0.15) is 6.04 Å². The number of aromatic nitrogens is 2. The summed E-state index contributed by atoms with van der Waals surface area (Å²) in [7, 11) is 3.09. The number of ketones is 1. The second-order valence-corrected chi connectivity index (χ2v) is 5.74. The van der Waals surface area contributed by atoms with E-state index in [1.54, 1.807) is 25.5 Å². The largest absolute Gasteiger partial charge is 0.461 e. The van der Waals surface area contributed by atoms with Crippen LogP contribution in [0, 0.1) is 5.41 Å². The fraction of sp³-hybridized carbons (Fsp3) is 0.562. The minimum atomic E-state index is -1.01. The molecule has 9 heteroatoms. The van der Waals surface area contributed by atoms with E-state index >= 15 is 0 Å². The fourth-order valence-corrected chi connectivity index (χ4v) is 2.15. The van der Waals surface area contributed by atoms with Gasteiger partial charge < -0.3 is 24.8 Å². The van der Waals surface area contributed by atoms with Crippen molar-refractivity contribution >= 4 is 23.9 Å². The molecule has 0 fully saturated rings. The molecule has 1 heterocycles. The number of carbonyl (C=O) groups excluding carboxylic acids is 3. The van der Waals surface area contributed by atoms with E-state index < -0.39 is 29.8 Å². The first kappa shape index (κ1) is 20.5. The summed E-state index contributed by atoms with van der Waals surface area (Å²) in [4.78, 5) is 40.0. The highest BCUT2D eigenvalue weighted by atomic mass is 16.5. The number of rotatable bonds is 10. The van der Waals surface area contributed by atoms with Crippen LogP contribution in [0.2, 0.25) is 0 Å². The van der Waals surface area contributed by atoms with Crippen molar-refractivity contribution < 1.29 is 23.9 Å². The summed E-state index contributed by atoms with van der Waals surface area (Å²) in [5.74, 6) is -1.62. The number of aryl methyl sites for hydroxylation is 1. The van der Waals surface area contributed by atoms with Gasteiger partial charge in [-0.05, 0) is 20.3 Å². The minimum Gasteiger partial charge on any atom is -0.461 e. The Hall–Kier alpha value is -2.55. The van der Waals surface area contributed by atoms with Gasteiger partial charge in [-0.25, -0.2) is 9.78 Å². The molecular formula is C16H24N4O5. The van der Waals surface area contributed by atoms with Crippen LogP contribution in [-0.4, -0.2) is 52.7 Å². The van der Waals surface area contributed by atoms with Gasteiger partial charge in [0.2, 0.25) is 0 Å². The minimum absolute atomic E-state index is 0.0350. The van der Waals surface area contributed by atoms with Crippen LogP contribution in [0.4, 0.5) is 0 Å². The highest BCUT2D eigenvalue weighted by Crippen LogP contribution is 2.16. The van der Waals surface area contributed by atoms with Gasteiger partial charge in [0.05, 0.1) is 30.5 Å². The molecule has 0 aliphatic rings. The average molecular weight is 352 g/mol. The van der Waals surface area contributed by atoms with E-state index in [2.05, 4.69) is 10.3 Å². The number of ether oxygens (including phenoxy) is 2. The summed E-state index contributed by atoms with van der Waals surface area (Å²) in [5, 5.41) is 9.48. The molecule has 0 saturated carbocycles. The Labute approximate surface area is 146 Å². The molecule has 1 amide bonds. The van der Waals surface area contributed by atoms with Crippen LogP contribution in [0.25, 0.3) is 0 Å². The molecule has 25 heavy (non-hydrogen) atoms. The molecule has 0 aliphatic heterocycles. The molecule has 1 aromatic heterocycles. The first-order valence-electron chi connectivity index (χ1n) is 7.83. The number of esters is 1. The monoisotopic (exact) mass is 352 g/mol. The van der Waals surface area contributed by atoms with Crippen molar-refractivity contribution in [3.05, 3.63) is 18.2 Å². The lowest BCUT2D eigenvalue weighted by atomic mass is 10.1. The molecule has 0 bridgehead atoms. The van der Waals surface area contributed by atoms with Crippen molar-refractivity contribution in [3.8, 4) is 0 Å². The SMILES string of the molecule is CO[C@@H](C(=O)N[C@@H](CCC(=O)C=N)C(=O)OC(C)C)c1cncn1C. The van der Waals surface area contributed by atoms with Crippen LogP contribution in [0.1, 0.15) is 38.5 Å². The zero-order valence-electron chi connectivity index (χ0n) is 14.8. The van der Waals surface area contributed by atoms with E-state index in [4.69, 9.17) is 14.9 Å². The summed E-state index contributed by atoms with van der Waals surface area (Å²) < 4.78 is 12.0. The number of imidazole rings is 1. The molecule has 0 spiro atoms. The molecule has 0 aromatic carbocycles. The van der Waals surface area contributed by atoms with Gasteiger partial charge in [-0.2, -0.15) is 0 Å². The van der Waals surface area contributed by atoms with E-state index in [1.807, 2.05) is 0 Å². The summed E-state index contributed by atoms with van der Waals surface area (Å²) in [6, 6.07) is -1.01. The molecule has 0 aliphatic carbocycles. The quantitative estimate of drug-likeness (QED) is 0.468. The third-order valence-electron chi connectivity index (χ3n) is 3.39. The maximum atomic E-state index is 12.5. The Bertz CT molecular complexity index is 626. The molecule has 2 atom stereocenters. The van der Waals surface area contributed by atoms with E-state index in [9.17, 15) is 14.4 Å². The molecule has 1 aromatic rings. The second-order valence-electron chi connectivity index (χ2n) is 5.74. The van der Waals surface area contributed by atoms with Crippen LogP contribution < -0.4 is 5.32 Å². The number of carbonyl (C=O) groups is 3. The highest BCUT2D eigenvalue weighted by molar-refractivity contribution is 6.26. The summed E-state index contributed by atoms with van der Waals surface area (Å²) in [6.45, 7) is 3.38. The maximum Gasteiger partial charge on any atom is 0.328 e. The Kier molecular flexibility index (Phi) is 7.93. The predicted octanol–water partition coefficient (Wildman–Crippen LogP) is 0.543. The van der Waals surface area contributed by atoms with Gasteiger partial charge in [-0.3, -0.25) is 9.59 Å². The van der Waals surface area contributed by atoms with E-state index in [0.717, 1.165) is 0 Å². The molecule has 1 rings (SSSR count). The van der Waals surface area contributed by atoms with Gasteiger partial charge >= 0.3 is 5.97 Å². The number of nitrogens with one attached hydrogen (secondary N) is 2. The normalized spacial score (nSPS) is 13.2. The smallest absolute Gasteiger partial charge is 0.328 e. The van der Waals surface area contributed by atoms with Crippen molar-refractivity contribution in [2.45, 2.75) is 44.9 Å². The number of amides is 1. The summed E-state index contributed by atoms with van der Waals surface area (Å²) >= 11 is 0. The summed E-state index contributed by atoms with van der Waals surface area (Å²) in [6.07, 6.45) is 2.37. The third kappa shape index (κ3) is 6.11. The van der Waals surface area contributed by atoms with Crippen LogP contribution >= 0.6 is 0 Å². The standard InChI is InChI=1S/C16H24N4O5/c1-10(2)25-16(23)12(6-5-11(21)7-17)19-15(22)14(24-4)13-8-18-9-20(13)3/h7-10,12,14,17H,5-6H2,1-4H3,(H,19,22)/t12-,14+/m0/s1. The first-order valence-corrected chi connectivity index (χ1v) is 7.83. The zero-order valence-corrected chi connectivity index (χ0v) is 14.8.